The van der Waals surface area contributed by atoms with E-state index in [0.29, 0.717) is 5.69 Å². The first-order chi connectivity index (χ1) is 8.34. The molecule has 0 aliphatic rings. The Labute approximate surface area is 111 Å². The maximum atomic E-state index is 11.7. The number of benzene rings is 1. The van der Waals surface area contributed by atoms with E-state index in [1.807, 2.05) is 12.3 Å². The Morgan fingerprint density at radius 1 is 1.44 bits per heavy atom. The second-order valence-electron chi connectivity index (χ2n) is 3.68. The van der Waals surface area contributed by atoms with Crippen molar-refractivity contribution in [3.05, 3.63) is 24.3 Å². The molecule has 0 amide bonds. The Balaban J connectivity index is 3.05. The van der Waals surface area contributed by atoms with E-state index >= 15 is 0 Å². The average molecular weight is 289 g/mol. The van der Waals surface area contributed by atoms with Gasteiger partial charge in [-0.15, -0.1) is 11.8 Å². The Kier molecular flexibility index (Phi) is 5.03. The standard InChI is InChI=1S/C11H15NO4S2/c1-17-10-5-3-4-9(8-10)12(18(2,15)16)7-6-11(13)14/h3-5,8H,6-7H2,1-2H3,(H,13,14). The van der Waals surface area contributed by atoms with E-state index in [-0.39, 0.29) is 13.0 Å². The van der Waals surface area contributed by atoms with Gasteiger partial charge in [-0.25, -0.2) is 8.42 Å². The zero-order chi connectivity index (χ0) is 13.8. The van der Waals surface area contributed by atoms with Crippen LogP contribution in [0.2, 0.25) is 0 Å². The summed E-state index contributed by atoms with van der Waals surface area (Å²) >= 11 is 1.50. The molecule has 0 unspecified atom stereocenters. The summed E-state index contributed by atoms with van der Waals surface area (Å²) in [4.78, 5) is 11.5. The van der Waals surface area contributed by atoms with Crippen molar-refractivity contribution in [2.24, 2.45) is 0 Å². The zero-order valence-corrected chi connectivity index (χ0v) is 11.8. The van der Waals surface area contributed by atoms with Crippen molar-refractivity contribution in [1.82, 2.24) is 0 Å². The summed E-state index contributed by atoms with van der Waals surface area (Å²) in [5, 5.41) is 8.65. The Morgan fingerprint density at radius 3 is 2.61 bits per heavy atom. The van der Waals surface area contributed by atoms with Gasteiger partial charge in [0.15, 0.2) is 0 Å². The van der Waals surface area contributed by atoms with Crippen molar-refractivity contribution >= 4 is 33.4 Å². The smallest absolute Gasteiger partial charge is 0.305 e. The lowest BCUT2D eigenvalue weighted by molar-refractivity contribution is -0.136. The fourth-order valence-electron chi connectivity index (χ4n) is 1.45. The first-order valence-electron chi connectivity index (χ1n) is 5.18. The van der Waals surface area contributed by atoms with Gasteiger partial charge >= 0.3 is 5.97 Å². The molecule has 0 saturated carbocycles. The minimum Gasteiger partial charge on any atom is -0.481 e. The highest BCUT2D eigenvalue weighted by Crippen LogP contribution is 2.24. The van der Waals surface area contributed by atoms with E-state index in [9.17, 15) is 13.2 Å². The van der Waals surface area contributed by atoms with Crippen LogP contribution in [0.5, 0.6) is 0 Å². The molecule has 0 atom stereocenters. The van der Waals surface area contributed by atoms with E-state index < -0.39 is 16.0 Å². The van der Waals surface area contributed by atoms with Gasteiger partial charge in [-0.05, 0) is 24.5 Å². The first-order valence-corrected chi connectivity index (χ1v) is 8.25. The van der Waals surface area contributed by atoms with E-state index in [1.165, 1.54) is 11.8 Å². The van der Waals surface area contributed by atoms with Gasteiger partial charge < -0.3 is 5.11 Å². The molecule has 0 bridgehead atoms. The van der Waals surface area contributed by atoms with E-state index in [1.54, 1.807) is 18.2 Å². The monoisotopic (exact) mass is 289 g/mol. The van der Waals surface area contributed by atoms with Gasteiger partial charge in [-0.3, -0.25) is 9.10 Å². The summed E-state index contributed by atoms with van der Waals surface area (Å²) in [5.74, 6) is -1.02. The van der Waals surface area contributed by atoms with Crippen LogP contribution in [0.3, 0.4) is 0 Å². The van der Waals surface area contributed by atoms with Crippen LogP contribution in [-0.2, 0) is 14.8 Å². The molecule has 18 heavy (non-hydrogen) atoms. The van der Waals surface area contributed by atoms with Gasteiger partial charge in [0.2, 0.25) is 10.0 Å². The molecule has 0 saturated heterocycles. The van der Waals surface area contributed by atoms with Gasteiger partial charge in [0, 0.05) is 11.4 Å². The lowest BCUT2D eigenvalue weighted by atomic mass is 10.3. The van der Waals surface area contributed by atoms with Crippen LogP contribution in [0, 0.1) is 0 Å². The predicted molar refractivity (Wildman–Crippen MR) is 72.7 cm³/mol. The summed E-state index contributed by atoms with van der Waals surface area (Å²) in [7, 11) is -3.48. The maximum Gasteiger partial charge on any atom is 0.305 e. The number of aliphatic carboxylic acids is 1. The number of carbonyl (C=O) groups is 1. The number of thioether (sulfide) groups is 1. The molecule has 0 spiro atoms. The lowest BCUT2D eigenvalue weighted by Gasteiger charge is -2.22. The summed E-state index contributed by atoms with van der Waals surface area (Å²) in [6, 6.07) is 7.00. The number of hydrogen-bond acceptors (Lipinski definition) is 4. The summed E-state index contributed by atoms with van der Waals surface area (Å²) in [6.07, 6.45) is 2.73. The molecule has 0 aromatic heterocycles. The average Bonchev–Trinajstić information content (AvgIpc) is 2.27. The molecule has 0 fully saturated rings. The number of carboxylic acids is 1. The van der Waals surface area contributed by atoms with Crippen LogP contribution in [0.25, 0.3) is 0 Å². The Hall–Kier alpha value is -1.21. The molecule has 100 valence electrons. The maximum absolute atomic E-state index is 11.7. The molecule has 0 aliphatic carbocycles. The van der Waals surface area contributed by atoms with Gasteiger partial charge in [0.25, 0.3) is 0 Å². The number of rotatable bonds is 6. The molecule has 1 rings (SSSR count). The number of sulfonamides is 1. The normalized spacial score (nSPS) is 11.2. The molecule has 0 aliphatic heterocycles. The first kappa shape index (κ1) is 14.8. The van der Waals surface area contributed by atoms with Gasteiger partial charge in [0.1, 0.15) is 0 Å². The summed E-state index contributed by atoms with van der Waals surface area (Å²) < 4.78 is 24.5. The largest absolute Gasteiger partial charge is 0.481 e. The number of anilines is 1. The molecule has 0 radical (unpaired) electrons. The van der Waals surface area contributed by atoms with Crippen LogP contribution in [0.15, 0.2) is 29.2 Å². The number of carboxylic acid groups (broad SMARTS) is 1. The van der Waals surface area contributed by atoms with Crippen molar-refractivity contribution in [2.75, 3.05) is 23.4 Å². The third-order valence-corrected chi connectivity index (χ3v) is 4.19. The summed E-state index contributed by atoms with van der Waals surface area (Å²) in [6.45, 7) is -0.0635. The molecular weight excluding hydrogens is 274 g/mol. The quantitative estimate of drug-likeness (QED) is 0.806. The number of hydrogen-bond donors (Lipinski definition) is 1. The van der Waals surface area contributed by atoms with Crippen LogP contribution in [0.1, 0.15) is 6.42 Å². The second kappa shape index (κ2) is 6.10. The highest BCUT2D eigenvalue weighted by atomic mass is 32.2. The molecular formula is C11H15NO4S2. The van der Waals surface area contributed by atoms with Crippen molar-refractivity contribution < 1.29 is 18.3 Å². The predicted octanol–water partition coefficient (Wildman–Crippen LogP) is 1.65. The fraction of sp³-hybridized carbons (Fsp3) is 0.364. The van der Waals surface area contributed by atoms with Crippen LogP contribution < -0.4 is 4.31 Å². The highest BCUT2D eigenvalue weighted by molar-refractivity contribution is 7.98. The van der Waals surface area contributed by atoms with Gasteiger partial charge in [-0.1, -0.05) is 6.07 Å². The van der Waals surface area contributed by atoms with Gasteiger partial charge in [0.05, 0.1) is 18.4 Å². The van der Waals surface area contributed by atoms with E-state index in [2.05, 4.69) is 0 Å². The third-order valence-electron chi connectivity index (χ3n) is 2.27. The van der Waals surface area contributed by atoms with E-state index in [0.717, 1.165) is 15.5 Å². The third kappa shape index (κ3) is 4.23. The number of nitrogens with zero attached hydrogens (tertiary/aromatic N) is 1. The molecule has 0 heterocycles. The molecule has 1 N–H and O–H groups in total. The van der Waals surface area contributed by atoms with Crippen molar-refractivity contribution in [1.29, 1.82) is 0 Å². The lowest BCUT2D eigenvalue weighted by Crippen LogP contribution is -2.32. The van der Waals surface area contributed by atoms with Gasteiger partial charge in [-0.2, -0.15) is 0 Å². The van der Waals surface area contributed by atoms with Crippen molar-refractivity contribution in [2.45, 2.75) is 11.3 Å². The minimum absolute atomic E-state index is 0.0635. The van der Waals surface area contributed by atoms with Crippen molar-refractivity contribution in [3.63, 3.8) is 0 Å². The Morgan fingerprint density at radius 2 is 2.11 bits per heavy atom. The molecule has 5 nitrogen and oxygen atoms in total. The minimum atomic E-state index is -3.48. The topological polar surface area (TPSA) is 74.7 Å². The Bertz CT molecular complexity index is 528. The molecule has 7 heteroatoms. The SMILES string of the molecule is CSc1cccc(N(CCC(=O)O)S(C)(=O)=O)c1. The van der Waals surface area contributed by atoms with Crippen LogP contribution in [-0.4, -0.2) is 38.5 Å². The van der Waals surface area contributed by atoms with E-state index in [4.69, 9.17) is 5.11 Å². The fourth-order valence-corrected chi connectivity index (χ4v) is 2.82. The highest BCUT2D eigenvalue weighted by Gasteiger charge is 2.18. The van der Waals surface area contributed by atoms with Crippen LogP contribution in [0.4, 0.5) is 5.69 Å². The summed E-state index contributed by atoms with van der Waals surface area (Å²) in [5.41, 5.74) is 0.491. The molecule has 1 aromatic rings. The molecule has 1 aromatic carbocycles. The second-order valence-corrected chi connectivity index (χ2v) is 6.47. The van der Waals surface area contributed by atoms with Crippen LogP contribution >= 0.6 is 11.8 Å². The van der Waals surface area contributed by atoms with Crippen molar-refractivity contribution in [3.8, 4) is 0 Å². The zero-order valence-electron chi connectivity index (χ0n) is 10.2.